The van der Waals surface area contributed by atoms with Crippen LogP contribution in [0.3, 0.4) is 0 Å². The smallest absolute Gasteiger partial charge is 0.254 e. The lowest BCUT2D eigenvalue weighted by Crippen LogP contribution is -2.42. The zero-order chi connectivity index (χ0) is 31.7. The number of amides is 4. The number of aliphatic hydroxyl groups is 8. The first-order valence-electron chi connectivity index (χ1n) is 13.4. The second kappa shape index (κ2) is 19.8. The van der Waals surface area contributed by atoms with Crippen molar-refractivity contribution in [1.82, 2.24) is 19.6 Å². The van der Waals surface area contributed by atoms with Gasteiger partial charge in [0.2, 0.25) is 0 Å². The molecule has 0 radical (unpaired) electrons. The number of aliphatic hydroxyl groups excluding tert-OH is 8. The standard InChI is InChI=1S/C26H42N4O12/c31-9-1-27(2-10-32)23(39)19-17-21(25(41)29(5-13-35)6-14-36)22(26(42)30(7-15-37)8-16-38)18-20(19)24(40)28(3-11-33)4-12-34/h17-18,31-38H,1-16H2. The van der Waals surface area contributed by atoms with Gasteiger partial charge in [-0.15, -0.1) is 0 Å². The van der Waals surface area contributed by atoms with Gasteiger partial charge < -0.3 is 60.5 Å². The number of benzene rings is 1. The second-order valence-corrected chi connectivity index (χ2v) is 8.90. The van der Waals surface area contributed by atoms with E-state index in [4.69, 9.17) is 0 Å². The van der Waals surface area contributed by atoms with Gasteiger partial charge in [0.25, 0.3) is 23.6 Å². The number of rotatable bonds is 20. The minimum Gasteiger partial charge on any atom is -0.395 e. The minimum atomic E-state index is -0.888. The van der Waals surface area contributed by atoms with Gasteiger partial charge in [-0.3, -0.25) is 19.2 Å². The van der Waals surface area contributed by atoms with Gasteiger partial charge in [0.05, 0.1) is 75.1 Å². The molecule has 42 heavy (non-hydrogen) atoms. The third-order valence-corrected chi connectivity index (χ3v) is 6.19. The van der Waals surface area contributed by atoms with Crippen LogP contribution in [0.15, 0.2) is 12.1 Å². The van der Waals surface area contributed by atoms with Crippen molar-refractivity contribution in [3.63, 3.8) is 0 Å². The topological polar surface area (TPSA) is 243 Å². The highest BCUT2D eigenvalue weighted by Crippen LogP contribution is 2.24. The largest absolute Gasteiger partial charge is 0.395 e. The predicted molar refractivity (Wildman–Crippen MR) is 147 cm³/mol. The Morgan fingerprint density at radius 1 is 0.357 bits per heavy atom. The molecule has 0 aliphatic rings. The summed E-state index contributed by atoms with van der Waals surface area (Å²) in [5.74, 6) is -3.55. The van der Waals surface area contributed by atoms with E-state index in [0.29, 0.717) is 0 Å². The number of hydrogen-bond donors (Lipinski definition) is 8. The Hall–Kier alpha value is -3.22. The van der Waals surface area contributed by atoms with Crippen molar-refractivity contribution in [2.24, 2.45) is 0 Å². The van der Waals surface area contributed by atoms with Crippen molar-refractivity contribution in [3.8, 4) is 0 Å². The molecule has 8 N–H and O–H groups in total. The van der Waals surface area contributed by atoms with Crippen molar-refractivity contribution in [2.75, 3.05) is 105 Å². The molecule has 16 nitrogen and oxygen atoms in total. The molecule has 0 saturated carbocycles. The van der Waals surface area contributed by atoms with Crippen molar-refractivity contribution in [2.45, 2.75) is 0 Å². The molecule has 0 bridgehead atoms. The first-order chi connectivity index (χ1) is 20.2. The highest BCUT2D eigenvalue weighted by molar-refractivity contribution is 6.14. The maximum atomic E-state index is 13.7. The molecule has 1 aromatic carbocycles. The van der Waals surface area contributed by atoms with Gasteiger partial charge in [-0.1, -0.05) is 0 Å². The molecule has 1 aromatic rings. The average Bonchev–Trinajstić information content (AvgIpc) is 2.98. The van der Waals surface area contributed by atoms with Crippen LogP contribution in [0.25, 0.3) is 0 Å². The summed E-state index contributed by atoms with van der Waals surface area (Å²) in [7, 11) is 0. The van der Waals surface area contributed by atoms with E-state index in [1.54, 1.807) is 0 Å². The zero-order valence-electron chi connectivity index (χ0n) is 23.5. The van der Waals surface area contributed by atoms with Gasteiger partial charge in [0.1, 0.15) is 0 Å². The van der Waals surface area contributed by atoms with Crippen LogP contribution in [0.1, 0.15) is 41.4 Å². The van der Waals surface area contributed by atoms with E-state index in [-0.39, 0.29) is 52.4 Å². The summed E-state index contributed by atoms with van der Waals surface area (Å²) < 4.78 is 0. The van der Waals surface area contributed by atoms with E-state index in [1.807, 2.05) is 0 Å². The quantitative estimate of drug-likeness (QED) is 0.0703. The summed E-state index contributed by atoms with van der Waals surface area (Å²) in [5, 5.41) is 75.8. The molecule has 0 aliphatic carbocycles. The third kappa shape index (κ3) is 9.95. The second-order valence-electron chi connectivity index (χ2n) is 8.90. The Balaban J connectivity index is 4.13. The summed E-state index contributed by atoms with van der Waals surface area (Å²) >= 11 is 0. The summed E-state index contributed by atoms with van der Waals surface area (Å²) in [6, 6.07) is 1.97. The molecule has 4 amide bonds. The predicted octanol–water partition coefficient (Wildman–Crippen LogP) is -4.61. The maximum Gasteiger partial charge on any atom is 0.254 e. The summed E-state index contributed by atoms with van der Waals surface area (Å²) in [6.07, 6.45) is 0. The number of nitrogens with zero attached hydrogens (tertiary/aromatic N) is 4. The van der Waals surface area contributed by atoms with Crippen LogP contribution >= 0.6 is 0 Å². The van der Waals surface area contributed by atoms with E-state index >= 15 is 0 Å². The molecular formula is C26H42N4O12. The van der Waals surface area contributed by atoms with Crippen LogP contribution in [0.4, 0.5) is 0 Å². The molecule has 0 fully saturated rings. The normalized spacial score (nSPS) is 10.9. The van der Waals surface area contributed by atoms with Crippen molar-refractivity contribution < 1.29 is 60.0 Å². The molecule has 0 unspecified atom stereocenters. The Bertz CT molecular complexity index is 847. The molecule has 0 aliphatic heterocycles. The molecule has 0 aromatic heterocycles. The van der Waals surface area contributed by atoms with Gasteiger partial charge in [0.15, 0.2) is 0 Å². The molecule has 0 heterocycles. The van der Waals surface area contributed by atoms with Crippen LogP contribution in [0.2, 0.25) is 0 Å². The Morgan fingerprint density at radius 2 is 0.500 bits per heavy atom. The van der Waals surface area contributed by atoms with Gasteiger partial charge in [0, 0.05) is 52.4 Å². The number of hydrogen-bond acceptors (Lipinski definition) is 12. The van der Waals surface area contributed by atoms with Crippen molar-refractivity contribution in [3.05, 3.63) is 34.4 Å². The van der Waals surface area contributed by atoms with Crippen molar-refractivity contribution in [1.29, 1.82) is 0 Å². The maximum absolute atomic E-state index is 13.7. The fourth-order valence-corrected chi connectivity index (χ4v) is 4.21. The highest BCUT2D eigenvalue weighted by Gasteiger charge is 2.32. The lowest BCUT2D eigenvalue weighted by Gasteiger charge is -2.28. The first kappa shape index (κ1) is 36.8. The average molecular weight is 603 g/mol. The lowest BCUT2D eigenvalue weighted by molar-refractivity contribution is 0.0635. The molecule has 238 valence electrons. The molecule has 0 spiro atoms. The summed E-state index contributed by atoms with van der Waals surface area (Å²) in [4.78, 5) is 58.8. The minimum absolute atomic E-state index is 0.254. The van der Waals surface area contributed by atoms with Crippen LogP contribution in [0, 0.1) is 0 Å². The van der Waals surface area contributed by atoms with Gasteiger partial charge in [-0.2, -0.15) is 0 Å². The van der Waals surface area contributed by atoms with Crippen LogP contribution in [-0.4, -0.2) is 189 Å². The van der Waals surface area contributed by atoms with Gasteiger partial charge in [-0.05, 0) is 12.1 Å². The van der Waals surface area contributed by atoms with E-state index in [1.165, 1.54) is 0 Å². The van der Waals surface area contributed by atoms with E-state index < -0.39 is 98.7 Å². The van der Waals surface area contributed by atoms with E-state index in [9.17, 15) is 60.0 Å². The van der Waals surface area contributed by atoms with Crippen molar-refractivity contribution >= 4 is 23.6 Å². The summed E-state index contributed by atoms with van der Waals surface area (Å²) in [6.45, 7) is -6.06. The first-order valence-corrected chi connectivity index (χ1v) is 13.4. The highest BCUT2D eigenvalue weighted by atomic mass is 16.3. The van der Waals surface area contributed by atoms with Crippen LogP contribution in [-0.2, 0) is 0 Å². The fourth-order valence-electron chi connectivity index (χ4n) is 4.21. The third-order valence-electron chi connectivity index (χ3n) is 6.19. The zero-order valence-corrected chi connectivity index (χ0v) is 23.5. The molecule has 1 rings (SSSR count). The Labute approximate surface area is 243 Å². The fraction of sp³-hybridized carbons (Fsp3) is 0.615. The molecule has 0 saturated heterocycles. The SMILES string of the molecule is O=C(c1cc(C(=O)N(CCO)CCO)c(C(=O)N(CCO)CCO)cc1C(=O)N(CCO)CCO)N(CCO)CCO. The van der Waals surface area contributed by atoms with Crippen LogP contribution < -0.4 is 0 Å². The Kier molecular flexibility index (Phi) is 17.4. The lowest BCUT2D eigenvalue weighted by atomic mass is 9.94. The Morgan fingerprint density at radius 3 is 0.619 bits per heavy atom. The van der Waals surface area contributed by atoms with Gasteiger partial charge >= 0.3 is 0 Å². The number of carbonyl (C=O) groups is 4. The molecule has 16 heteroatoms. The molecular weight excluding hydrogens is 560 g/mol. The summed E-state index contributed by atoms with van der Waals surface area (Å²) in [5.41, 5.74) is -1.59. The monoisotopic (exact) mass is 602 g/mol. The van der Waals surface area contributed by atoms with E-state index in [2.05, 4.69) is 0 Å². The number of carbonyl (C=O) groups excluding carboxylic acids is 4. The van der Waals surface area contributed by atoms with Crippen LogP contribution in [0.5, 0.6) is 0 Å². The van der Waals surface area contributed by atoms with E-state index in [0.717, 1.165) is 31.7 Å². The molecule has 0 atom stereocenters. The van der Waals surface area contributed by atoms with Gasteiger partial charge in [-0.25, -0.2) is 0 Å².